The molecule has 5 nitrogen and oxygen atoms in total. The monoisotopic (exact) mass is 411 g/mol. The van der Waals surface area contributed by atoms with Crippen LogP contribution < -0.4 is 10.2 Å². The van der Waals surface area contributed by atoms with Crippen molar-refractivity contribution in [3.8, 4) is 11.1 Å². The lowest BCUT2D eigenvalue weighted by molar-refractivity contribution is 0.447. The molecule has 158 valence electrons. The van der Waals surface area contributed by atoms with Crippen molar-refractivity contribution >= 4 is 33.3 Å². The summed E-state index contributed by atoms with van der Waals surface area (Å²) in [4.78, 5) is 15.2. The van der Waals surface area contributed by atoms with Crippen LogP contribution in [-0.4, -0.2) is 35.1 Å². The SMILES string of the molecule is C=C(NC)c1cnc2[nH]cc(-c3cc(C)c4nccc(N5CCCC(C)C5)c4c3)c2c1. The summed E-state index contributed by atoms with van der Waals surface area (Å²) in [5, 5.41) is 5.45. The van der Waals surface area contributed by atoms with Gasteiger partial charge in [0.05, 0.1) is 5.52 Å². The first-order valence-corrected chi connectivity index (χ1v) is 11.0. The Labute approximate surface area is 183 Å². The molecule has 1 fully saturated rings. The molecule has 1 unspecified atom stereocenters. The zero-order valence-corrected chi connectivity index (χ0v) is 18.5. The number of nitrogens with one attached hydrogen (secondary N) is 2. The van der Waals surface area contributed by atoms with Gasteiger partial charge in [-0.1, -0.05) is 13.5 Å². The lowest BCUT2D eigenvalue weighted by atomic mass is 9.96. The topological polar surface area (TPSA) is 56.8 Å². The van der Waals surface area contributed by atoms with Gasteiger partial charge in [-0.3, -0.25) is 4.98 Å². The van der Waals surface area contributed by atoms with E-state index in [1.807, 2.05) is 19.4 Å². The molecule has 4 heterocycles. The van der Waals surface area contributed by atoms with Crippen molar-refractivity contribution in [3.05, 3.63) is 60.6 Å². The number of pyridine rings is 2. The minimum absolute atomic E-state index is 0.722. The van der Waals surface area contributed by atoms with E-state index in [2.05, 4.69) is 71.1 Å². The second-order valence-corrected chi connectivity index (χ2v) is 8.76. The van der Waals surface area contributed by atoms with Crippen LogP contribution in [0.4, 0.5) is 5.69 Å². The van der Waals surface area contributed by atoms with E-state index in [1.165, 1.54) is 35.0 Å². The summed E-state index contributed by atoms with van der Waals surface area (Å²) in [7, 11) is 1.88. The van der Waals surface area contributed by atoms with Crippen LogP contribution in [0.1, 0.15) is 30.9 Å². The third-order valence-electron chi connectivity index (χ3n) is 6.50. The molecule has 0 radical (unpaired) electrons. The molecule has 0 spiro atoms. The Hall–Kier alpha value is -3.34. The number of aryl methyl sites for hydroxylation is 1. The maximum Gasteiger partial charge on any atom is 0.137 e. The molecule has 4 aromatic rings. The van der Waals surface area contributed by atoms with Crippen LogP contribution in [0.15, 0.2) is 49.4 Å². The quantitative estimate of drug-likeness (QED) is 0.465. The molecule has 0 bridgehead atoms. The van der Waals surface area contributed by atoms with Gasteiger partial charge in [0.2, 0.25) is 0 Å². The van der Waals surface area contributed by atoms with Crippen molar-refractivity contribution in [2.75, 3.05) is 25.0 Å². The van der Waals surface area contributed by atoms with Crippen LogP contribution >= 0.6 is 0 Å². The number of fused-ring (bicyclic) bond motifs is 2. The molecule has 0 saturated carbocycles. The maximum absolute atomic E-state index is 4.72. The summed E-state index contributed by atoms with van der Waals surface area (Å²) >= 11 is 0. The summed E-state index contributed by atoms with van der Waals surface area (Å²) in [6.45, 7) is 10.8. The number of rotatable bonds is 4. The fourth-order valence-electron chi connectivity index (χ4n) is 4.81. The number of nitrogens with zero attached hydrogens (tertiary/aromatic N) is 3. The average molecular weight is 412 g/mol. The Morgan fingerprint density at radius 2 is 2.10 bits per heavy atom. The number of anilines is 1. The third-order valence-corrected chi connectivity index (χ3v) is 6.50. The first-order valence-electron chi connectivity index (χ1n) is 11.0. The van der Waals surface area contributed by atoms with Crippen molar-refractivity contribution in [1.82, 2.24) is 20.3 Å². The van der Waals surface area contributed by atoms with Crippen LogP contribution in [0.2, 0.25) is 0 Å². The number of benzene rings is 1. The summed E-state index contributed by atoms with van der Waals surface area (Å²) in [6, 6.07) is 8.87. The van der Waals surface area contributed by atoms with Crippen molar-refractivity contribution < 1.29 is 0 Å². The van der Waals surface area contributed by atoms with Gasteiger partial charge >= 0.3 is 0 Å². The van der Waals surface area contributed by atoms with Crippen molar-refractivity contribution in [2.24, 2.45) is 5.92 Å². The van der Waals surface area contributed by atoms with E-state index < -0.39 is 0 Å². The highest BCUT2D eigenvalue weighted by atomic mass is 15.1. The maximum atomic E-state index is 4.72. The zero-order chi connectivity index (χ0) is 21.5. The largest absolute Gasteiger partial charge is 0.388 e. The van der Waals surface area contributed by atoms with Crippen LogP contribution in [0.5, 0.6) is 0 Å². The summed E-state index contributed by atoms with van der Waals surface area (Å²) in [5.41, 5.74) is 8.66. The van der Waals surface area contributed by atoms with Crippen LogP contribution in [-0.2, 0) is 0 Å². The molecule has 1 aliphatic heterocycles. The van der Waals surface area contributed by atoms with Gasteiger partial charge in [-0.25, -0.2) is 4.98 Å². The smallest absolute Gasteiger partial charge is 0.137 e. The second kappa shape index (κ2) is 7.73. The minimum Gasteiger partial charge on any atom is -0.388 e. The van der Waals surface area contributed by atoms with Gasteiger partial charge in [0.15, 0.2) is 0 Å². The van der Waals surface area contributed by atoms with Gasteiger partial charge in [-0.15, -0.1) is 0 Å². The normalized spacial score (nSPS) is 16.7. The molecule has 1 aromatic carbocycles. The van der Waals surface area contributed by atoms with E-state index in [4.69, 9.17) is 4.98 Å². The predicted octanol–water partition coefficient (Wildman–Crippen LogP) is 5.51. The van der Waals surface area contributed by atoms with E-state index in [0.717, 1.165) is 52.4 Å². The molecule has 5 heteroatoms. The average Bonchev–Trinajstić information content (AvgIpc) is 3.21. The Morgan fingerprint density at radius 3 is 2.90 bits per heavy atom. The number of hydrogen-bond acceptors (Lipinski definition) is 4. The highest BCUT2D eigenvalue weighted by Crippen LogP contribution is 2.36. The van der Waals surface area contributed by atoms with E-state index in [-0.39, 0.29) is 0 Å². The summed E-state index contributed by atoms with van der Waals surface area (Å²) in [5.74, 6) is 0.722. The Morgan fingerprint density at radius 1 is 1.23 bits per heavy atom. The van der Waals surface area contributed by atoms with Gasteiger partial charge in [0, 0.05) is 72.0 Å². The van der Waals surface area contributed by atoms with Gasteiger partial charge in [0.25, 0.3) is 0 Å². The minimum atomic E-state index is 0.722. The van der Waals surface area contributed by atoms with E-state index in [1.54, 1.807) is 0 Å². The number of H-pyrrole nitrogens is 1. The molecular formula is C26H29N5. The Kier molecular flexibility index (Phi) is 4.89. The lowest BCUT2D eigenvalue weighted by Gasteiger charge is -2.33. The number of aromatic amines is 1. The molecular weight excluding hydrogens is 382 g/mol. The van der Waals surface area contributed by atoms with Crippen LogP contribution in [0.25, 0.3) is 38.8 Å². The molecule has 1 aliphatic rings. The predicted molar refractivity (Wildman–Crippen MR) is 130 cm³/mol. The summed E-state index contributed by atoms with van der Waals surface area (Å²) in [6.07, 6.45) is 8.42. The van der Waals surface area contributed by atoms with Gasteiger partial charge in [-0.05, 0) is 61.1 Å². The van der Waals surface area contributed by atoms with E-state index in [0.29, 0.717) is 0 Å². The first kappa shape index (κ1) is 19.6. The molecule has 1 atom stereocenters. The number of aromatic nitrogens is 3. The zero-order valence-electron chi connectivity index (χ0n) is 18.5. The fraction of sp³-hybridized carbons (Fsp3) is 0.308. The Balaban J connectivity index is 1.67. The third kappa shape index (κ3) is 3.44. The molecule has 5 rings (SSSR count). The Bertz CT molecular complexity index is 1290. The molecule has 1 saturated heterocycles. The number of hydrogen-bond donors (Lipinski definition) is 2. The van der Waals surface area contributed by atoms with E-state index in [9.17, 15) is 0 Å². The van der Waals surface area contributed by atoms with Crippen molar-refractivity contribution in [2.45, 2.75) is 26.7 Å². The highest BCUT2D eigenvalue weighted by molar-refractivity contribution is 6.01. The highest BCUT2D eigenvalue weighted by Gasteiger charge is 2.20. The van der Waals surface area contributed by atoms with E-state index >= 15 is 0 Å². The van der Waals surface area contributed by atoms with Gasteiger partial charge in [-0.2, -0.15) is 0 Å². The van der Waals surface area contributed by atoms with Crippen LogP contribution in [0.3, 0.4) is 0 Å². The van der Waals surface area contributed by atoms with Crippen molar-refractivity contribution in [1.29, 1.82) is 0 Å². The van der Waals surface area contributed by atoms with Crippen LogP contribution in [0, 0.1) is 12.8 Å². The van der Waals surface area contributed by atoms with Gasteiger partial charge < -0.3 is 15.2 Å². The molecule has 0 aliphatic carbocycles. The first-order chi connectivity index (χ1) is 15.0. The van der Waals surface area contributed by atoms with Gasteiger partial charge in [0.1, 0.15) is 5.65 Å². The summed E-state index contributed by atoms with van der Waals surface area (Å²) < 4.78 is 0. The second-order valence-electron chi connectivity index (χ2n) is 8.76. The number of piperidine rings is 1. The van der Waals surface area contributed by atoms with Crippen molar-refractivity contribution in [3.63, 3.8) is 0 Å². The molecule has 3 aromatic heterocycles. The standard InChI is InChI=1S/C26H29N5/c1-16-6-5-9-31(15-16)24-7-8-28-25-17(2)10-19(11-22(24)25)23-14-30-26-21(23)12-20(13-29-26)18(3)27-4/h7-8,10-14,16,27H,3,5-6,9,15H2,1-2,4H3,(H,29,30). The fourth-order valence-corrected chi connectivity index (χ4v) is 4.81. The molecule has 31 heavy (non-hydrogen) atoms. The lowest BCUT2D eigenvalue weighted by Crippen LogP contribution is -2.34. The molecule has 0 amide bonds. The molecule has 2 N–H and O–H groups in total.